The van der Waals surface area contributed by atoms with Crippen LogP contribution in [0.2, 0.25) is 0 Å². The summed E-state index contributed by atoms with van der Waals surface area (Å²) in [6.07, 6.45) is 5.94. The van der Waals surface area contributed by atoms with E-state index in [4.69, 9.17) is 13.8 Å². The SMILES string of the molecule is [2H]c1c([2H])c([2H])c(-c2cccc3c2-c2ccccc2-c2cc(C(C)(C)C)cc4c2[n+]([c-]n4-c2cccc(Oc4ccc5c6ccccc6n(-c6cc(C(C)(C)C)ccn6)c5c4)c2)-c2c(-c4cc(C(C)(C)C)cc(C(C)(C)C)c4)cccc2-3)c([2H])c1[2H]. The molecule has 3 aromatic heterocycles. The molecule has 400 valence electrons. The Labute approximate surface area is 484 Å². The van der Waals surface area contributed by atoms with Crippen LogP contribution in [-0.4, -0.2) is 14.1 Å². The number of ether oxygens (including phenoxy) is 1. The van der Waals surface area contributed by atoms with Crippen LogP contribution in [0.15, 0.2) is 206 Å². The second-order valence-corrected chi connectivity index (χ2v) is 26.0. The zero-order valence-electron chi connectivity index (χ0n) is 53.4. The normalized spacial score (nSPS) is 13.6. The molecular weight excluding hydrogens is 985 g/mol. The van der Waals surface area contributed by atoms with Crippen LogP contribution in [0.1, 0.15) is 112 Å². The highest BCUT2D eigenvalue weighted by Gasteiger charge is 2.31. The Hall–Kier alpha value is -8.80. The highest BCUT2D eigenvalue weighted by Crippen LogP contribution is 2.50. The number of hydrogen-bond acceptors (Lipinski definition) is 2. The van der Waals surface area contributed by atoms with E-state index in [1.54, 1.807) is 0 Å². The van der Waals surface area contributed by atoms with Gasteiger partial charge in [-0.25, -0.2) is 4.98 Å². The van der Waals surface area contributed by atoms with Gasteiger partial charge in [0, 0.05) is 23.0 Å². The first-order chi connectivity index (χ1) is 40.8. The summed E-state index contributed by atoms with van der Waals surface area (Å²) in [5, 5.41) is 2.24. The Morgan fingerprint density at radius 1 is 0.444 bits per heavy atom. The molecule has 13 rings (SSSR count). The first-order valence-corrected chi connectivity index (χ1v) is 28.2. The van der Waals surface area contributed by atoms with Crippen molar-refractivity contribution in [2.24, 2.45) is 0 Å². The zero-order valence-corrected chi connectivity index (χ0v) is 48.4. The van der Waals surface area contributed by atoms with Gasteiger partial charge in [0.1, 0.15) is 17.3 Å². The summed E-state index contributed by atoms with van der Waals surface area (Å²) in [5.74, 6) is 2.19. The van der Waals surface area contributed by atoms with E-state index >= 15 is 0 Å². The van der Waals surface area contributed by atoms with E-state index in [1.165, 1.54) is 16.7 Å². The summed E-state index contributed by atoms with van der Waals surface area (Å²) in [6.45, 7) is 27.0. The summed E-state index contributed by atoms with van der Waals surface area (Å²) in [4.78, 5) is 4.94. The van der Waals surface area contributed by atoms with Gasteiger partial charge in [-0.15, -0.1) is 0 Å². The molecule has 0 bridgehead atoms. The minimum Gasteiger partial charge on any atom is -0.458 e. The lowest BCUT2D eigenvalue weighted by Crippen LogP contribution is -2.32. The number of hydrogen-bond donors (Lipinski definition) is 0. The molecule has 0 atom stereocenters. The quantitative estimate of drug-likeness (QED) is 0.123. The molecule has 81 heavy (non-hydrogen) atoms. The minimum atomic E-state index is -0.430. The van der Waals surface area contributed by atoms with Crippen molar-refractivity contribution in [2.75, 3.05) is 0 Å². The Balaban J connectivity index is 1.09. The van der Waals surface area contributed by atoms with E-state index in [0.717, 1.165) is 100 Å². The zero-order chi connectivity index (χ0) is 60.7. The second-order valence-electron chi connectivity index (χ2n) is 26.0. The maximum atomic E-state index is 9.42. The Morgan fingerprint density at radius 3 is 1.78 bits per heavy atom. The molecule has 1 aliphatic heterocycles. The topological polar surface area (TPSA) is 35.9 Å². The first-order valence-electron chi connectivity index (χ1n) is 30.7. The molecule has 0 saturated carbocycles. The summed E-state index contributed by atoms with van der Waals surface area (Å²) < 4.78 is 58.9. The van der Waals surface area contributed by atoms with Gasteiger partial charge >= 0.3 is 0 Å². The van der Waals surface area contributed by atoms with Crippen molar-refractivity contribution in [3.05, 3.63) is 235 Å². The maximum absolute atomic E-state index is 9.42. The smallest absolute Gasteiger partial charge is 0.269 e. The van der Waals surface area contributed by atoms with Crippen LogP contribution in [0.25, 0.3) is 106 Å². The molecule has 0 saturated heterocycles. The van der Waals surface area contributed by atoms with E-state index in [0.29, 0.717) is 17.1 Å². The Bertz CT molecular complexity index is 4730. The number of fused-ring (bicyclic) bond motifs is 10. The molecule has 0 unspecified atom stereocenters. The lowest BCUT2D eigenvalue weighted by atomic mass is 9.78. The lowest BCUT2D eigenvalue weighted by Gasteiger charge is -2.27. The van der Waals surface area contributed by atoms with Crippen LogP contribution >= 0.6 is 0 Å². The number of pyridine rings is 1. The third-order valence-corrected chi connectivity index (χ3v) is 16.3. The third kappa shape index (κ3) is 9.04. The van der Waals surface area contributed by atoms with Gasteiger partial charge in [-0.1, -0.05) is 222 Å². The molecule has 0 radical (unpaired) electrons. The second kappa shape index (κ2) is 18.9. The number of rotatable bonds is 6. The van der Waals surface area contributed by atoms with E-state index in [2.05, 4.69) is 237 Å². The molecule has 0 spiro atoms. The summed E-state index contributed by atoms with van der Waals surface area (Å²) in [6, 6.07) is 58.1. The van der Waals surface area contributed by atoms with Crippen LogP contribution in [0.4, 0.5) is 0 Å². The highest BCUT2D eigenvalue weighted by atomic mass is 16.5. The van der Waals surface area contributed by atoms with Gasteiger partial charge in [0.15, 0.2) is 0 Å². The highest BCUT2D eigenvalue weighted by molar-refractivity contribution is 6.10. The molecule has 5 nitrogen and oxygen atoms in total. The molecule has 0 N–H and O–H groups in total. The van der Waals surface area contributed by atoms with Crippen LogP contribution in [-0.2, 0) is 21.7 Å². The van der Waals surface area contributed by atoms with Gasteiger partial charge < -0.3 is 4.74 Å². The fourth-order valence-electron chi connectivity index (χ4n) is 11.8. The van der Waals surface area contributed by atoms with Crippen LogP contribution in [0.3, 0.4) is 0 Å². The van der Waals surface area contributed by atoms with Gasteiger partial charge in [-0.05, 0) is 154 Å². The van der Waals surface area contributed by atoms with E-state index in [1.807, 2.05) is 42.6 Å². The van der Waals surface area contributed by atoms with E-state index in [9.17, 15) is 2.74 Å². The van der Waals surface area contributed by atoms with Crippen molar-refractivity contribution >= 4 is 32.8 Å². The van der Waals surface area contributed by atoms with Crippen LogP contribution in [0.5, 0.6) is 11.5 Å². The van der Waals surface area contributed by atoms with Crippen molar-refractivity contribution in [3.63, 3.8) is 0 Å². The molecule has 0 amide bonds. The number of nitrogens with zero attached hydrogens (tertiary/aromatic N) is 4. The van der Waals surface area contributed by atoms with E-state index < -0.39 is 6.04 Å². The van der Waals surface area contributed by atoms with Gasteiger partial charge in [-0.3, -0.25) is 13.7 Å². The lowest BCUT2D eigenvalue weighted by molar-refractivity contribution is -0.570. The third-order valence-electron chi connectivity index (χ3n) is 16.3. The predicted octanol–water partition coefficient (Wildman–Crippen LogP) is 19.8. The molecule has 0 aliphatic carbocycles. The molecule has 12 aromatic rings. The average molecular weight is 1060 g/mol. The molecule has 1 aliphatic rings. The fourth-order valence-corrected chi connectivity index (χ4v) is 11.8. The van der Waals surface area contributed by atoms with Gasteiger partial charge in [0.25, 0.3) is 6.33 Å². The number of para-hydroxylation sites is 2. The van der Waals surface area contributed by atoms with Crippen LogP contribution in [0, 0.1) is 6.33 Å². The summed E-state index contributed by atoms with van der Waals surface area (Å²) in [5.41, 5.74) is 17.6. The summed E-state index contributed by atoms with van der Waals surface area (Å²) >= 11 is 0. The van der Waals surface area contributed by atoms with Crippen molar-refractivity contribution in [3.8, 4) is 84.3 Å². The molecule has 0 fully saturated rings. The maximum Gasteiger partial charge on any atom is 0.269 e. The first kappa shape index (κ1) is 46.0. The molecule has 5 heteroatoms. The van der Waals surface area contributed by atoms with Gasteiger partial charge in [-0.2, -0.15) is 0 Å². The largest absolute Gasteiger partial charge is 0.458 e. The Morgan fingerprint density at radius 2 is 1.05 bits per heavy atom. The van der Waals surface area contributed by atoms with Crippen molar-refractivity contribution in [2.45, 2.75) is 105 Å². The average Bonchev–Trinajstić information content (AvgIpc) is 1.61. The number of benzene rings is 9. The van der Waals surface area contributed by atoms with Gasteiger partial charge in [0.05, 0.1) is 40.3 Å². The Kier molecular flexibility index (Phi) is 10.7. The number of aromatic nitrogens is 4. The van der Waals surface area contributed by atoms with Gasteiger partial charge in [0.2, 0.25) is 0 Å². The number of imidazole rings is 1. The fraction of sp³-hybridized carbons (Fsp3) is 0.211. The molecular formula is C76H70N4O. The van der Waals surface area contributed by atoms with Crippen molar-refractivity contribution in [1.29, 1.82) is 0 Å². The monoisotopic (exact) mass is 1060 g/mol. The molecule has 4 heterocycles. The minimum absolute atomic E-state index is 0.0665. The summed E-state index contributed by atoms with van der Waals surface area (Å²) in [7, 11) is 0. The predicted molar refractivity (Wildman–Crippen MR) is 338 cm³/mol. The van der Waals surface area contributed by atoms with Crippen molar-refractivity contribution in [1.82, 2.24) is 14.1 Å². The van der Waals surface area contributed by atoms with Crippen LogP contribution < -0.4 is 9.30 Å². The standard InChI is InChI=1S/C76H70N4O/c1-73(2,3)50-37-38-77-69(44-50)80-66-34-19-18-28-60(66)61-36-35-56(46-67(61)80)81-55-26-20-25-54(45-55)78-47-79-71-58(49-39-51(74(4,5)6)41-52(40-49)75(7,8)9)31-22-33-64(71)63-32-21-30-57(48-23-14-13-15-24-48)70(63)62-29-17-16-27-59(62)65-42-53(76(10,11)12)43-68(78)72(65)79/h13-46H,1-12H3/i13D,14D,15D,23D,24D. The van der Waals surface area contributed by atoms with Crippen molar-refractivity contribution < 1.29 is 16.2 Å². The van der Waals surface area contributed by atoms with E-state index in [-0.39, 0.29) is 51.4 Å². The molecule has 9 aromatic carbocycles.